The van der Waals surface area contributed by atoms with E-state index in [1.54, 1.807) is 0 Å². The fraction of sp³-hybridized carbons (Fsp3) is 0.636. The van der Waals surface area contributed by atoms with Crippen molar-refractivity contribution >= 4 is 11.9 Å². The van der Waals surface area contributed by atoms with Crippen molar-refractivity contribution in [2.75, 3.05) is 14.2 Å². The first-order chi connectivity index (χ1) is 9.78. The Morgan fingerprint density at radius 3 is 2.43 bits per heavy atom. The predicted molar refractivity (Wildman–Crippen MR) is 62.4 cm³/mol. The Balaban J connectivity index is 2.89. The standard InChI is InChI=1S/C11H14F3N3O4/c1-20-8(18)6-7-9(10(19)21-2)15-16-17(7)5-3-4-11(12,13)14/h3-6H2,1-2H3. The summed E-state index contributed by atoms with van der Waals surface area (Å²) in [5.74, 6) is -1.49. The molecule has 0 atom stereocenters. The maximum atomic E-state index is 12.1. The second kappa shape index (κ2) is 7.04. The summed E-state index contributed by atoms with van der Waals surface area (Å²) >= 11 is 0. The summed E-state index contributed by atoms with van der Waals surface area (Å²) in [5.41, 5.74) is -0.147. The Labute approximate surface area is 118 Å². The highest BCUT2D eigenvalue weighted by atomic mass is 19.4. The highest BCUT2D eigenvalue weighted by Crippen LogP contribution is 2.22. The van der Waals surface area contributed by atoms with Gasteiger partial charge in [-0.3, -0.25) is 4.79 Å². The van der Waals surface area contributed by atoms with Gasteiger partial charge in [-0.15, -0.1) is 5.10 Å². The normalized spacial score (nSPS) is 11.3. The molecule has 0 fully saturated rings. The van der Waals surface area contributed by atoms with Crippen LogP contribution in [-0.4, -0.2) is 47.3 Å². The Bertz CT molecular complexity index is 513. The number of carbonyl (C=O) groups excluding carboxylic acids is 2. The first-order valence-corrected chi connectivity index (χ1v) is 5.92. The first-order valence-electron chi connectivity index (χ1n) is 5.92. The second-order valence-corrected chi connectivity index (χ2v) is 4.07. The van der Waals surface area contributed by atoms with E-state index in [0.29, 0.717) is 0 Å². The minimum atomic E-state index is -4.28. The van der Waals surface area contributed by atoms with Crippen molar-refractivity contribution in [1.82, 2.24) is 15.0 Å². The lowest BCUT2D eigenvalue weighted by Crippen LogP contribution is -2.16. The molecule has 0 unspecified atom stereocenters. The van der Waals surface area contributed by atoms with Gasteiger partial charge in [0.05, 0.1) is 26.3 Å². The molecule has 1 aromatic heterocycles. The third-order valence-corrected chi connectivity index (χ3v) is 2.59. The molecule has 7 nitrogen and oxygen atoms in total. The van der Waals surface area contributed by atoms with Gasteiger partial charge >= 0.3 is 18.1 Å². The second-order valence-electron chi connectivity index (χ2n) is 4.07. The molecule has 0 saturated carbocycles. The van der Waals surface area contributed by atoms with Gasteiger partial charge in [-0.05, 0) is 6.42 Å². The van der Waals surface area contributed by atoms with Crippen LogP contribution in [0.4, 0.5) is 13.2 Å². The van der Waals surface area contributed by atoms with Gasteiger partial charge in [0.2, 0.25) is 0 Å². The van der Waals surface area contributed by atoms with E-state index < -0.39 is 24.5 Å². The molecule has 1 rings (SSSR count). The van der Waals surface area contributed by atoms with Crippen molar-refractivity contribution in [3.63, 3.8) is 0 Å². The highest BCUT2D eigenvalue weighted by Gasteiger charge is 2.27. The summed E-state index contributed by atoms with van der Waals surface area (Å²) < 4.78 is 46.4. The molecule has 1 aromatic rings. The Hall–Kier alpha value is -2.13. The third kappa shape index (κ3) is 5.04. The average molecular weight is 309 g/mol. The van der Waals surface area contributed by atoms with E-state index in [1.165, 1.54) is 0 Å². The van der Waals surface area contributed by atoms with Crippen molar-refractivity contribution in [2.24, 2.45) is 0 Å². The monoisotopic (exact) mass is 309 g/mol. The molecule has 0 spiro atoms. The summed E-state index contributed by atoms with van der Waals surface area (Å²) in [6, 6.07) is 0. The first kappa shape index (κ1) is 16.9. The lowest BCUT2D eigenvalue weighted by molar-refractivity contribution is -0.140. The van der Waals surface area contributed by atoms with Crippen molar-refractivity contribution in [3.05, 3.63) is 11.4 Å². The fourth-order valence-corrected chi connectivity index (χ4v) is 1.58. The zero-order valence-electron chi connectivity index (χ0n) is 11.4. The number of alkyl halides is 3. The van der Waals surface area contributed by atoms with Crippen molar-refractivity contribution in [1.29, 1.82) is 0 Å². The van der Waals surface area contributed by atoms with E-state index >= 15 is 0 Å². The molecule has 0 aliphatic rings. The number of esters is 2. The summed E-state index contributed by atoms with van der Waals surface area (Å²) in [7, 11) is 2.27. The summed E-state index contributed by atoms with van der Waals surface area (Å²) in [4.78, 5) is 22.8. The zero-order valence-corrected chi connectivity index (χ0v) is 11.4. The van der Waals surface area contributed by atoms with Gasteiger partial charge in [0.15, 0.2) is 5.69 Å². The van der Waals surface area contributed by atoms with Crippen molar-refractivity contribution < 1.29 is 32.2 Å². The quantitative estimate of drug-likeness (QED) is 0.732. The van der Waals surface area contributed by atoms with Gasteiger partial charge in [0.25, 0.3) is 0 Å². The van der Waals surface area contributed by atoms with Crippen LogP contribution in [0.2, 0.25) is 0 Å². The van der Waals surface area contributed by atoms with Gasteiger partial charge in [-0.2, -0.15) is 13.2 Å². The lowest BCUT2D eigenvalue weighted by atomic mass is 10.2. The van der Waals surface area contributed by atoms with Gasteiger partial charge in [0, 0.05) is 13.0 Å². The smallest absolute Gasteiger partial charge is 0.389 e. The van der Waals surface area contributed by atoms with Crippen LogP contribution in [0, 0.1) is 0 Å². The molecule has 0 aliphatic heterocycles. The van der Waals surface area contributed by atoms with E-state index in [2.05, 4.69) is 19.8 Å². The molecule has 0 aromatic carbocycles. The molecule has 0 amide bonds. The molecule has 21 heavy (non-hydrogen) atoms. The average Bonchev–Trinajstić information content (AvgIpc) is 2.79. The number of nitrogens with zero attached hydrogens (tertiary/aromatic N) is 3. The number of methoxy groups -OCH3 is 2. The summed E-state index contributed by atoms with van der Waals surface area (Å²) in [6.45, 7) is -0.129. The molecule has 0 saturated heterocycles. The van der Waals surface area contributed by atoms with Crippen LogP contribution in [0.25, 0.3) is 0 Å². The number of aryl methyl sites for hydroxylation is 1. The van der Waals surface area contributed by atoms with Crippen LogP contribution in [-0.2, 0) is 27.2 Å². The Kier molecular flexibility index (Phi) is 5.68. The molecular weight excluding hydrogens is 295 g/mol. The van der Waals surface area contributed by atoms with Gasteiger partial charge in [-0.1, -0.05) is 5.21 Å². The molecule has 0 bridgehead atoms. The summed E-state index contributed by atoms with van der Waals surface area (Å²) in [5, 5.41) is 7.12. The minimum Gasteiger partial charge on any atom is -0.469 e. The molecule has 10 heteroatoms. The number of hydrogen-bond acceptors (Lipinski definition) is 6. The molecule has 118 valence electrons. The van der Waals surface area contributed by atoms with E-state index in [0.717, 1.165) is 18.9 Å². The van der Waals surface area contributed by atoms with E-state index in [4.69, 9.17) is 0 Å². The molecule has 1 heterocycles. The van der Waals surface area contributed by atoms with Crippen LogP contribution in [0.15, 0.2) is 0 Å². The maximum absolute atomic E-state index is 12.1. The number of ether oxygens (including phenoxy) is 2. The Morgan fingerprint density at radius 1 is 1.24 bits per heavy atom. The van der Waals surface area contributed by atoms with Gasteiger partial charge in [0.1, 0.15) is 0 Å². The van der Waals surface area contributed by atoms with Gasteiger partial charge in [-0.25, -0.2) is 9.48 Å². The molecular formula is C11H14F3N3O4. The van der Waals surface area contributed by atoms with E-state index in [1.807, 2.05) is 0 Å². The van der Waals surface area contributed by atoms with Crippen LogP contribution in [0.1, 0.15) is 29.0 Å². The zero-order chi connectivity index (χ0) is 16.0. The van der Waals surface area contributed by atoms with Crippen LogP contribution >= 0.6 is 0 Å². The number of carbonyl (C=O) groups is 2. The highest BCUT2D eigenvalue weighted by molar-refractivity contribution is 5.89. The van der Waals surface area contributed by atoms with Crippen molar-refractivity contribution in [2.45, 2.75) is 32.0 Å². The van der Waals surface area contributed by atoms with E-state index in [9.17, 15) is 22.8 Å². The van der Waals surface area contributed by atoms with Crippen LogP contribution in [0.3, 0.4) is 0 Å². The molecule has 0 radical (unpaired) electrons. The minimum absolute atomic E-state index is 0.0656. The fourth-order valence-electron chi connectivity index (χ4n) is 1.58. The lowest BCUT2D eigenvalue weighted by Gasteiger charge is -2.08. The van der Waals surface area contributed by atoms with E-state index in [-0.39, 0.29) is 30.8 Å². The Morgan fingerprint density at radius 2 is 1.90 bits per heavy atom. The predicted octanol–water partition coefficient (Wildman–Crippen LogP) is 1.12. The largest absolute Gasteiger partial charge is 0.469 e. The third-order valence-electron chi connectivity index (χ3n) is 2.59. The maximum Gasteiger partial charge on any atom is 0.389 e. The topological polar surface area (TPSA) is 83.3 Å². The van der Waals surface area contributed by atoms with Crippen LogP contribution in [0.5, 0.6) is 0 Å². The van der Waals surface area contributed by atoms with Crippen LogP contribution < -0.4 is 0 Å². The number of hydrogen-bond donors (Lipinski definition) is 0. The molecule has 0 N–H and O–H groups in total. The SMILES string of the molecule is COC(=O)Cc1c(C(=O)OC)nnn1CCCC(F)(F)F. The number of rotatable bonds is 6. The van der Waals surface area contributed by atoms with Gasteiger partial charge < -0.3 is 9.47 Å². The summed E-state index contributed by atoms with van der Waals surface area (Å²) in [6.07, 6.45) is -5.87. The van der Waals surface area contributed by atoms with Crippen molar-refractivity contribution in [3.8, 4) is 0 Å². The number of halogens is 3. The number of aromatic nitrogens is 3. The molecule has 0 aliphatic carbocycles.